The molecule has 0 aliphatic heterocycles. The number of carbonyl (C=O) groups excluding carboxylic acids is 9. The maximum absolute atomic E-state index is 14.4. The van der Waals surface area contributed by atoms with E-state index < -0.39 is 151 Å². The number of imidazole rings is 1. The predicted octanol–water partition coefficient (Wildman–Crippen LogP) is -3.64. The highest BCUT2D eigenvalue weighted by molar-refractivity contribution is 5.98. The molecule has 0 radical (unpaired) electrons. The number of carboxylic acids is 1. The number of aliphatic hydroxyl groups is 2. The normalized spacial score (nSPS) is 14.8. The number of nitrogens with one attached hydrogen (secondary N) is 8. The van der Waals surface area contributed by atoms with Gasteiger partial charge in [0.25, 0.3) is 0 Å². The van der Waals surface area contributed by atoms with Gasteiger partial charge in [-0.3, -0.25) is 43.2 Å². The van der Waals surface area contributed by atoms with Gasteiger partial charge in [0.1, 0.15) is 54.1 Å². The fourth-order valence-electron chi connectivity index (χ4n) is 7.43. The number of aromatic hydroxyl groups is 1. The number of aromatic amines is 1. The monoisotopic (exact) mass is 1050 g/mol. The van der Waals surface area contributed by atoms with Gasteiger partial charge in [0.15, 0.2) is 0 Å². The molecule has 75 heavy (non-hydrogen) atoms. The fraction of sp³-hybridized carbons (Fsp3) is 0.490. The van der Waals surface area contributed by atoms with Gasteiger partial charge in [-0.2, -0.15) is 0 Å². The SMILES string of the molecule is CC(NC(=O)C(CCC(N)=O)NC(=O)C(Cc1ccc(O)cc1)NC(=O)C(Cc1cnc[nH]1)NC(=O)C(NC(=O)C(N)Cc1ccccc1)C(C)C)C(=O)NC(CO)C(=O)N(C)C(CO)C(=O)NC(C(=O)O)C(C)C. The number of rotatable bonds is 30. The topological polar surface area (TPSA) is 420 Å². The third-order valence-electron chi connectivity index (χ3n) is 11.9. The van der Waals surface area contributed by atoms with Crippen LogP contribution < -0.4 is 48.7 Å². The first-order valence-electron chi connectivity index (χ1n) is 24.0. The lowest BCUT2D eigenvalue weighted by atomic mass is 10.00. The highest BCUT2D eigenvalue weighted by Crippen LogP contribution is 2.14. The van der Waals surface area contributed by atoms with Crippen molar-refractivity contribution in [3.63, 3.8) is 0 Å². The number of likely N-dealkylation sites (N-methyl/N-ethyl adjacent to an activating group) is 1. The molecule has 9 unspecified atom stereocenters. The van der Waals surface area contributed by atoms with Crippen molar-refractivity contribution in [2.75, 3.05) is 20.3 Å². The number of carboxylic acid groups (broad SMARTS) is 1. The summed E-state index contributed by atoms with van der Waals surface area (Å²) in [6.07, 6.45) is 1.57. The highest BCUT2D eigenvalue weighted by atomic mass is 16.4. The van der Waals surface area contributed by atoms with Crippen LogP contribution in [0.1, 0.15) is 64.3 Å². The van der Waals surface area contributed by atoms with Crippen LogP contribution in [0.3, 0.4) is 0 Å². The molecule has 0 aliphatic carbocycles. The Bertz CT molecular complexity index is 2420. The molecule has 0 aliphatic rings. The number of primary amides is 1. The van der Waals surface area contributed by atoms with Crippen molar-refractivity contribution in [1.82, 2.24) is 52.1 Å². The lowest BCUT2D eigenvalue weighted by molar-refractivity contribution is -0.147. The molecule has 0 saturated heterocycles. The number of carbonyl (C=O) groups is 10. The van der Waals surface area contributed by atoms with Crippen molar-refractivity contribution in [2.45, 2.75) is 121 Å². The summed E-state index contributed by atoms with van der Waals surface area (Å²) in [4.78, 5) is 141. The van der Waals surface area contributed by atoms with Crippen molar-refractivity contribution in [3.05, 3.63) is 83.9 Å². The van der Waals surface area contributed by atoms with E-state index in [1.54, 1.807) is 38.1 Å². The van der Waals surface area contributed by atoms with Gasteiger partial charge < -0.3 is 79.0 Å². The highest BCUT2D eigenvalue weighted by Gasteiger charge is 2.37. The molecule has 1 heterocycles. The van der Waals surface area contributed by atoms with Crippen LogP contribution in [0.25, 0.3) is 0 Å². The van der Waals surface area contributed by atoms with Crippen LogP contribution in [0.15, 0.2) is 67.1 Å². The van der Waals surface area contributed by atoms with E-state index in [9.17, 15) is 68.4 Å². The van der Waals surface area contributed by atoms with Gasteiger partial charge in [0, 0.05) is 38.2 Å². The van der Waals surface area contributed by atoms with E-state index in [4.69, 9.17) is 11.5 Å². The van der Waals surface area contributed by atoms with Crippen molar-refractivity contribution >= 4 is 59.1 Å². The van der Waals surface area contributed by atoms with E-state index in [0.717, 1.165) is 12.6 Å². The van der Waals surface area contributed by atoms with E-state index in [1.807, 2.05) is 6.07 Å². The van der Waals surface area contributed by atoms with Crippen LogP contribution in [0.5, 0.6) is 5.75 Å². The summed E-state index contributed by atoms with van der Waals surface area (Å²) in [5, 5.41) is 56.8. The van der Waals surface area contributed by atoms with E-state index >= 15 is 0 Å². The molecule has 0 fully saturated rings. The standard InChI is InChI=1S/C49H70N12O14/c1-25(2)39(59-42(67)32(50)18-28-10-8-7-9-11-28)47(72)57-35(20-30-21-52-24-53-30)45(70)56-34(19-29-12-14-31(64)15-13-29)44(69)55-33(16-17-38(51)65)43(68)54-27(5)41(66)58-36(22-62)48(73)61(6)37(23-63)46(71)60-40(26(3)4)49(74)75/h7-15,21,24-27,32-37,39-40,62-64H,16-20,22-23,50H2,1-6H3,(H2,51,65)(H,52,53)(H,54,68)(H,55,69)(H,56,70)(H,57,72)(H,58,66)(H,59,67)(H,60,71)(H,74,75). The van der Waals surface area contributed by atoms with Crippen LogP contribution in [-0.2, 0) is 67.2 Å². The Morgan fingerprint density at radius 3 is 1.68 bits per heavy atom. The average Bonchev–Trinajstić information content (AvgIpc) is 3.88. The first-order valence-corrected chi connectivity index (χ1v) is 24.0. The van der Waals surface area contributed by atoms with E-state index in [-0.39, 0.29) is 25.0 Å². The van der Waals surface area contributed by atoms with E-state index in [0.29, 0.717) is 16.2 Å². The summed E-state index contributed by atoms with van der Waals surface area (Å²) in [5.41, 5.74) is 13.2. The minimum atomic E-state index is -1.75. The van der Waals surface area contributed by atoms with E-state index in [1.165, 1.54) is 57.6 Å². The Kier molecular flexibility index (Phi) is 24.3. The van der Waals surface area contributed by atoms with Gasteiger partial charge in [0.05, 0.1) is 25.6 Å². The van der Waals surface area contributed by atoms with Crippen molar-refractivity contribution in [3.8, 4) is 5.75 Å². The zero-order chi connectivity index (χ0) is 56.1. The molecule has 16 N–H and O–H groups in total. The number of phenolic OH excluding ortho intramolecular Hbond substituents is 1. The third-order valence-corrected chi connectivity index (χ3v) is 11.9. The van der Waals surface area contributed by atoms with Gasteiger partial charge >= 0.3 is 5.97 Å². The van der Waals surface area contributed by atoms with Crippen LogP contribution in [0.2, 0.25) is 0 Å². The number of nitrogens with two attached hydrogens (primary N) is 2. The number of hydrogen-bond acceptors (Lipinski definition) is 15. The smallest absolute Gasteiger partial charge is 0.326 e. The minimum Gasteiger partial charge on any atom is -0.508 e. The molecule has 0 spiro atoms. The number of H-pyrrole nitrogens is 1. The molecule has 26 heteroatoms. The summed E-state index contributed by atoms with van der Waals surface area (Å²) in [6, 6.07) is 1.50. The van der Waals surface area contributed by atoms with Gasteiger partial charge in [-0.1, -0.05) is 70.2 Å². The van der Waals surface area contributed by atoms with Crippen LogP contribution in [0.4, 0.5) is 0 Å². The minimum absolute atomic E-state index is 0.114. The van der Waals surface area contributed by atoms with Gasteiger partial charge in [0.2, 0.25) is 53.2 Å². The fourth-order valence-corrected chi connectivity index (χ4v) is 7.43. The van der Waals surface area contributed by atoms with Gasteiger partial charge in [-0.05, 0) is 54.9 Å². The number of phenols is 1. The molecule has 0 saturated carbocycles. The van der Waals surface area contributed by atoms with Crippen LogP contribution in [-0.4, -0.2) is 169 Å². The first-order chi connectivity index (χ1) is 35.4. The average molecular weight is 1050 g/mol. The second-order valence-electron chi connectivity index (χ2n) is 18.6. The quantitative estimate of drug-likeness (QED) is 0.0306. The summed E-state index contributed by atoms with van der Waals surface area (Å²) < 4.78 is 0. The number of hydrogen-bond donors (Lipinski definition) is 14. The van der Waals surface area contributed by atoms with Crippen LogP contribution >= 0.6 is 0 Å². The Morgan fingerprint density at radius 1 is 0.613 bits per heavy atom. The molecule has 3 aromatic rings. The van der Waals surface area contributed by atoms with Gasteiger partial charge in [-0.25, -0.2) is 9.78 Å². The second kappa shape index (κ2) is 29.7. The lowest BCUT2D eigenvalue weighted by Gasteiger charge is -2.31. The molecule has 26 nitrogen and oxygen atoms in total. The van der Waals surface area contributed by atoms with E-state index in [2.05, 4.69) is 47.2 Å². The maximum Gasteiger partial charge on any atom is 0.326 e. The molecule has 3 rings (SSSR count). The Morgan fingerprint density at radius 2 is 1.15 bits per heavy atom. The molecule has 1 aromatic heterocycles. The number of nitrogens with zero attached hydrogens (tertiary/aromatic N) is 2. The maximum atomic E-state index is 14.4. The van der Waals surface area contributed by atoms with Crippen LogP contribution in [0, 0.1) is 11.8 Å². The largest absolute Gasteiger partial charge is 0.508 e. The molecule has 0 bridgehead atoms. The lowest BCUT2D eigenvalue weighted by Crippen LogP contribution is -2.61. The Hall–Kier alpha value is -7.97. The number of aliphatic hydroxyl groups excluding tert-OH is 2. The van der Waals surface area contributed by atoms with Crippen molar-refractivity contribution < 1.29 is 68.4 Å². The van der Waals surface area contributed by atoms with Crippen molar-refractivity contribution in [2.24, 2.45) is 23.3 Å². The second-order valence-corrected chi connectivity index (χ2v) is 18.6. The van der Waals surface area contributed by atoms with Gasteiger partial charge in [-0.15, -0.1) is 0 Å². The number of aromatic nitrogens is 2. The predicted molar refractivity (Wildman–Crippen MR) is 268 cm³/mol. The summed E-state index contributed by atoms with van der Waals surface area (Å²) >= 11 is 0. The third kappa shape index (κ3) is 19.4. The first kappa shape index (κ1) is 61.3. The number of aliphatic carboxylic acids is 1. The van der Waals surface area contributed by atoms with Crippen molar-refractivity contribution in [1.29, 1.82) is 0 Å². The molecular weight excluding hydrogens is 981 g/mol. The molecule has 9 atom stereocenters. The summed E-state index contributed by atoms with van der Waals surface area (Å²) in [7, 11) is 1.07. The zero-order valence-electron chi connectivity index (χ0n) is 42.6. The Labute approximate surface area is 432 Å². The molecular formula is C49H70N12O14. The zero-order valence-corrected chi connectivity index (χ0v) is 42.6. The Balaban J connectivity index is 1.85. The molecule has 410 valence electrons. The number of amides is 9. The summed E-state index contributed by atoms with van der Waals surface area (Å²) in [5.74, 6) is -10.9. The number of benzene rings is 2. The molecule has 2 aromatic carbocycles. The summed E-state index contributed by atoms with van der Waals surface area (Å²) in [6.45, 7) is 5.58. The molecule has 9 amide bonds.